The van der Waals surface area contributed by atoms with Crippen molar-refractivity contribution < 1.29 is 19.8 Å². The van der Waals surface area contributed by atoms with E-state index in [1.165, 1.54) is 6.42 Å². The Hall–Kier alpha value is -1.06. The second-order valence-electron chi connectivity index (χ2n) is 4.07. The van der Waals surface area contributed by atoms with Crippen molar-refractivity contribution in [3.8, 4) is 0 Å². The summed E-state index contributed by atoms with van der Waals surface area (Å²) in [4.78, 5) is 20.1. The predicted octanol–water partition coefficient (Wildman–Crippen LogP) is 1.02. The number of carbonyl (C=O) groups is 2. The van der Waals surface area contributed by atoms with Crippen LogP contribution in [0.5, 0.6) is 0 Å². The number of carboxylic acids is 2. The van der Waals surface area contributed by atoms with Gasteiger partial charge in [-0.1, -0.05) is 46.0 Å². The molecule has 0 aromatic rings. The van der Waals surface area contributed by atoms with Crippen LogP contribution in [0.2, 0.25) is 0 Å². The van der Waals surface area contributed by atoms with Crippen molar-refractivity contribution in [3.05, 3.63) is 0 Å². The van der Waals surface area contributed by atoms with Crippen molar-refractivity contribution in [2.45, 2.75) is 71.6 Å². The van der Waals surface area contributed by atoms with Gasteiger partial charge in [0.1, 0.15) is 0 Å². The van der Waals surface area contributed by atoms with Crippen LogP contribution in [-0.4, -0.2) is 11.9 Å². The van der Waals surface area contributed by atoms with Crippen LogP contribution in [0, 0.1) is 0 Å². The molecule has 4 heteroatoms. The van der Waals surface area contributed by atoms with Crippen molar-refractivity contribution in [2.75, 3.05) is 0 Å². The number of aliphatic carboxylic acids is 2. The first-order valence-electron chi connectivity index (χ1n) is 6.44. The van der Waals surface area contributed by atoms with Gasteiger partial charge < -0.3 is 19.8 Å². The van der Waals surface area contributed by atoms with Crippen LogP contribution in [0.15, 0.2) is 0 Å². The molecule has 0 aromatic carbocycles. The van der Waals surface area contributed by atoms with Gasteiger partial charge in [-0.3, -0.25) is 0 Å². The van der Waals surface area contributed by atoms with Gasteiger partial charge in [0, 0.05) is 11.9 Å². The molecule has 0 fully saturated rings. The monoisotopic (exact) mass is 244 g/mol. The number of unbranched alkanes of at least 4 members (excludes halogenated alkanes) is 5. The standard InChI is InChI=1S/C10H18O4.C3H8/c11-9(12)7-5-3-1-2-4-6-8-10(13)14;1-3-2/h1-8H2,(H,11,12)(H,13,14);3H2,1-2H3/p-2. The third kappa shape index (κ3) is 25.3. The van der Waals surface area contributed by atoms with Crippen LogP contribution < -0.4 is 10.2 Å². The van der Waals surface area contributed by atoms with Crippen molar-refractivity contribution in [1.29, 1.82) is 0 Å². The SMILES string of the molecule is CCC.O=C([O-])CCCCCCCCC(=O)[O-]. The Morgan fingerprint density at radius 1 is 0.706 bits per heavy atom. The Kier molecular flexibility index (Phi) is 16.1. The van der Waals surface area contributed by atoms with Crippen molar-refractivity contribution in [3.63, 3.8) is 0 Å². The Bertz CT molecular complexity index is 170. The molecule has 0 saturated heterocycles. The largest absolute Gasteiger partial charge is 0.550 e. The van der Waals surface area contributed by atoms with Gasteiger partial charge in [0.2, 0.25) is 0 Å². The molecule has 0 unspecified atom stereocenters. The Balaban J connectivity index is 0. The van der Waals surface area contributed by atoms with E-state index in [-0.39, 0.29) is 12.8 Å². The van der Waals surface area contributed by atoms with Crippen LogP contribution in [0.1, 0.15) is 71.6 Å². The summed E-state index contributed by atoms with van der Waals surface area (Å²) in [5.74, 6) is -2.00. The van der Waals surface area contributed by atoms with E-state index < -0.39 is 11.9 Å². The summed E-state index contributed by atoms with van der Waals surface area (Å²) in [7, 11) is 0. The highest BCUT2D eigenvalue weighted by atomic mass is 16.4. The van der Waals surface area contributed by atoms with Gasteiger partial charge in [0.25, 0.3) is 0 Å². The summed E-state index contributed by atoms with van der Waals surface area (Å²) in [5.41, 5.74) is 0. The minimum Gasteiger partial charge on any atom is -0.550 e. The number of hydrogen-bond donors (Lipinski definition) is 0. The number of hydrogen-bond acceptors (Lipinski definition) is 4. The Morgan fingerprint density at radius 2 is 0.941 bits per heavy atom. The fraction of sp³-hybridized carbons (Fsp3) is 0.846. The lowest BCUT2D eigenvalue weighted by Gasteiger charge is -2.03. The smallest absolute Gasteiger partial charge is 0.0414 e. The average molecular weight is 244 g/mol. The Labute approximate surface area is 104 Å². The summed E-state index contributed by atoms with van der Waals surface area (Å²) >= 11 is 0. The Morgan fingerprint density at radius 3 is 1.18 bits per heavy atom. The summed E-state index contributed by atoms with van der Waals surface area (Å²) in [6.45, 7) is 4.25. The topological polar surface area (TPSA) is 80.3 Å². The van der Waals surface area contributed by atoms with E-state index in [1.807, 2.05) is 0 Å². The molecular formula is C13H24O4-2. The van der Waals surface area contributed by atoms with Gasteiger partial charge in [-0.2, -0.15) is 0 Å². The molecule has 17 heavy (non-hydrogen) atoms. The van der Waals surface area contributed by atoms with Crippen molar-refractivity contribution in [2.24, 2.45) is 0 Å². The molecule has 0 aromatic heterocycles. The van der Waals surface area contributed by atoms with E-state index in [2.05, 4.69) is 13.8 Å². The fourth-order valence-corrected chi connectivity index (χ4v) is 1.25. The molecule has 0 N–H and O–H groups in total. The maximum atomic E-state index is 10.0. The van der Waals surface area contributed by atoms with Crippen molar-refractivity contribution >= 4 is 11.9 Å². The fourth-order valence-electron chi connectivity index (χ4n) is 1.25. The van der Waals surface area contributed by atoms with Gasteiger partial charge in [-0.15, -0.1) is 0 Å². The van der Waals surface area contributed by atoms with E-state index in [1.54, 1.807) is 0 Å². The first-order valence-corrected chi connectivity index (χ1v) is 6.44. The molecule has 0 saturated carbocycles. The van der Waals surface area contributed by atoms with E-state index in [9.17, 15) is 19.8 Å². The van der Waals surface area contributed by atoms with E-state index in [0.717, 1.165) is 25.7 Å². The molecule has 0 rings (SSSR count). The lowest BCUT2D eigenvalue weighted by Crippen LogP contribution is -2.21. The van der Waals surface area contributed by atoms with Crippen LogP contribution >= 0.6 is 0 Å². The van der Waals surface area contributed by atoms with Crippen LogP contribution in [0.25, 0.3) is 0 Å². The van der Waals surface area contributed by atoms with Gasteiger partial charge in [-0.25, -0.2) is 0 Å². The molecule has 4 nitrogen and oxygen atoms in total. The summed E-state index contributed by atoms with van der Waals surface area (Å²) < 4.78 is 0. The second-order valence-corrected chi connectivity index (χ2v) is 4.07. The third-order valence-corrected chi connectivity index (χ3v) is 2.01. The van der Waals surface area contributed by atoms with E-state index >= 15 is 0 Å². The molecule has 102 valence electrons. The van der Waals surface area contributed by atoms with E-state index in [0.29, 0.717) is 12.8 Å². The first-order chi connectivity index (χ1) is 8.04. The molecule has 0 heterocycles. The molecule has 0 aliphatic carbocycles. The zero-order valence-electron chi connectivity index (χ0n) is 11.0. The summed E-state index contributed by atoms with van der Waals surface area (Å²) in [6.07, 6.45) is 6.48. The van der Waals surface area contributed by atoms with Crippen LogP contribution in [-0.2, 0) is 9.59 Å². The highest BCUT2D eigenvalue weighted by molar-refractivity contribution is 5.64. The van der Waals surface area contributed by atoms with Gasteiger partial charge >= 0.3 is 0 Å². The molecular weight excluding hydrogens is 220 g/mol. The highest BCUT2D eigenvalue weighted by Gasteiger charge is 1.92. The van der Waals surface area contributed by atoms with Crippen LogP contribution in [0.4, 0.5) is 0 Å². The number of rotatable bonds is 9. The van der Waals surface area contributed by atoms with Gasteiger partial charge in [-0.05, 0) is 25.7 Å². The molecule has 0 radical (unpaired) electrons. The molecule has 0 aliphatic heterocycles. The second kappa shape index (κ2) is 14.9. The van der Waals surface area contributed by atoms with Crippen LogP contribution in [0.3, 0.4) is 0 Å². The molecule has 0 atom stereocenters. The maximum Gasteiger partial charge on any atom is 0.0414 e. The predicted molar refractivity (Wildman–Crippen MR) is 62.9 cm³/mol. The normalized spacial score (nSPS) is 9.29. The lowest BCUT2D eigenvalue weighted by atomic mass is 10.1. The molecule has 0 spiro atoms. The number of carboxylic acid groups (broad SMARTS) is 2. The molecule has 0 amide bonds. The summed E-state index contributed by atoms with van der Waals surface area (Å²) in [5, 5.41) is 20.1. The highest BCUT2D eigenvalue weighted by Crippen LogP contribution is 2.07. The third-order valence-electron chi connectivity index (χ3n) is 2.01. The van der Waals surface area contributed by atoms with E-state index in [4.69, 9.17) is 0 Å². The number of carbonyl (C=O) groups excluding carboxylic acids is 2. The molecule has 0 aliphatic rings. The minimum absolute atomic E-state index is 0.124. The molecule has 0 bridgehead atoms. The van der Waals surface area contributed by atoms with Gasteiger partial charge in [0.15, 0.2) is 0 Å². The lowest BCUT2D eigenvalue weighted by molar-refractivity contribution is -0.307. The minimum atomic E-state index is -0.998. The quantitative estimate of drug-likeness (QED) is 0.567. The average Bonchev–Trinajstić information content (AvgIpc) is 2.22. The first kappa shape index (κ1) is 18.3. The maximum absolute atomic E-state index is 10.0. The van der Waals surface area contributed by atoms with Crippen molar-refractivity contribution in [1.82, 2.24) is 0 Å². The summed E-state index contributed by atoms with van der Waals surface area (Å²) in [6, 6.07) is 0. The zero-order valence-corrected chi connectivity index (χ0v) is 11.0. The van der Waals surface area contributed by atoms with Gasteiger partial charge in [0.05, 0.1) is 0 Å². The zero-order chi connectivity index (χ0) is 13.5.